The first-order valence-corrected chi connectivity index (χ1v) is 6.38. The molecule has 0 amide bonds. The van der Waals surface area contributed by atoms with Crippen LogP contribution in [-0.4, -0.2) is 30.4 Å². The number of rotatable bonds is 3. The third kappa shape index (κ3) is 3.17. The van der Waals surface area contributed by atoms with Gasteiger partial charge in [-0.05, 0) is 30.3 Å². The largest absolute Gasteiger partial charge is 0.486 e. The topological polar surface area (TPSA) is 70.0 Å². The molecule has 0 unspecified atom stereocenters. The van der Waals surface area contributed by atoms with Gasteiger partial charge in [-0.3, -0.25) is 4.98 Å². The van der Waals surface area contributed by atoms with Gasteiger partial charge in [0.1, 0.15) is 13.2 Å². The average molecular weight is 284 g/mol. The fraction of sp³-hybridized carbons (Fsp3) is 0.133. The molecule has 6 nitrogen and oxygen atoms in total. The standard InChI is InChI=1S/C15H12N2O4/c18-15(21-17-10-12-3-1-2-6-16-12)11-4-5-13-14(9-11)20-8-7-19-13/h1-6,9-10H,7-8H2/b17-10-. The molecule has 2 heterocycles. The molecule has 3 rings (SSSR count). The average Bonchev–Trinajstić information content (AvgIpc) is 2.55. The van der Waals surface area contributed by atoms with Crippen molar-refractivity contribution in [2.45, 2.75) is 0 Å². The number of carbonyl (C=O) groups excluding carboxylic acids is 1. The highest BCUT2D eigenvalue weighted by Gasteiger charge is 2.15. The molecule has 0 fully saturated rings. The van der Waals surface area contributed by atoms with Crippen molar-refractivity contribution < 1.29 is 19.1 Å². The van der Waals surface area contributed by atoms with Gasteiger partial charge in [-0.1, -0.05) is 11.2 Å². The van der Waals surface area contributed by atoms with E-state index in [1.54, 1.807) is 36.5 Å². The SMILES string of the molecule is O=C(O/N=C\c1ccccn1)c1ccc2c(c1)OCCO2. The maximum atomic E-state index is 11.9. The predicted molar refractivity (Wildman–Crippen MR) is 74.7 cm³/mol. The minimum Gasteiger partial charge on any atom is -0.486 e. The van der Waals surface area contributed by atoms with E-state index in [2.05, 4.69) is 10.1 Å². The third-order valence-corrected chi connectivity index (χ3v) is 2.79. The van der Waals surface area contributed by atoms with Gasteiger partial charge in [-0.15, -0.1) is 0 Å². The lowest BCUT2D eigenvalue weighted by atomic mass is 10.2. The molecule has 1 aliphatic rings. The predicted octanol–water partition coefficient (Wildman–Crippen LogP) is 2.04. The molecule has 2 aromatic rings. The molecular weight excluding hydrogens is 272 g/mol. The molecule has 0 atom stereocenters. The molecule has 0 saturated carbocycles. The first-order chi connectivity index (χ1) is 10.3. The quantitative estimate of drug-likeness (QED) is 0.490. The fourth-order valence-electron chi connectivity index (χ4n) is 1.80. The number of oxime groups is 1. The van der Waals surface area contributed by atoms with Crippen molar-refractivity contribution in [3.05, 3.63) is 53.9 Å². The van der Waals surface area contributed by atoms with E-state index in [0.717, 1.165) is 0 Å². The van der Waals surface area contributed by atoms with Crippen LogP contribution < -0.4 is 9.47 Å². The normalized spacial score (nSPS) is 13.1. The number of aromatic nitrogens is 1. The Morgan fingerprint density at radius 3 is 2.86 bits per heavy atom. The van der Waals surface area contributed by atoms with E-state index in [4.69, 9.17) is 14.3 Å². The minimum atomic E-state index is -0.570. The van der Waals surface area contributed by atoms with E-state index in [1.165, 1.54) is 6.21 Å². The molecule has 21 heavy (non-hydrogen) atoms. The van der Waals surface area contributed by atoms with Gasteiger partial charge in [0.15, 0.2) is 11.5 Å². The summed E-state index contributed by atoms with van der Waals surface area (Å²) in [6.07, 6.45) is 3.00. The zero-order valence-corrected chi connectivity index (χ0v) is 11.1. The van der Waals surface area contributed by atoms with Gasteiger partial charge in [-0.25, -0.2) is 4.79 Å². The maximum absolute atomic E-state index is 11.9. The Labute approximate surface area is 121 Å². The van der Waals surface area contributed by atoms with Crippen LogP contribution in [0.15, 0.2) is 47.8 Å². The molecule has 0 aliphatic carbocycles. The van der Waals surface area contributed by atoms with E-state index in [-0.39, 0.29) is 0 Å². The van der Waals surface area contributed by atoms with E-state index in [1.807, 2.05) is 6.07 Å². The van der Waals surface area contributed by atoms with Crippen LogP contribution in [0.2, 0.25) is 0 Å². The van der Waals surface area contributed by atoms with E-state index in [0.29, 0.717) is 36.0 Å². The van der Waals surface area contributed by atoms with Gasteiger partial charge in [0.05, 0.1) is 17.5 Å². The third-order valence-electron chi connectivity index (χ3n) is 2.79. The number of hydrogen-bond donors (Lipinski definition) is 0. The molecule has 6 heteroatoms. The summed E-state index contributed by atoms with van der Waals surface area (Å²) in [6.45, 7) is 0.967. The van der Waals surface area contributed by atoms with Gasteiger partial charge in [-0.2, -0.15) is 0 Å². The van der Waals surface area contributed by atoms with E-state index < -0.39 is 5.97 Å². The Morgan fingerprint density at radius 2 is 2.05 bits per heavy atom. The van der Waals surface area contributed by atoms with Crippen molar-refractivity contribution in [1.29, 1.82) is 0 Å². The summed E-state index contributed by atoms with van der Waals surface area (Å²) in [4.78, 5) is 20.7. The molecule has 0 spiro atoms. The Hall–Kier alpha value is -2.89. The summed E-state index contributed by atoms with van der Waals surface area (Å²) in [5.74, 6) is 0.582. The van der Waals surface area contributed by atoms with Crippen molar-refractivity contribution in [1.82, 2.24) is 4.98 Å². The second-order valence-electron chi connectivity index (χ2n) is 4.23. The number of pyridine rings is 1. The number of fused-ring (bicyclic) bond motifs is 1. The summed E-state index contributed by atoms with van der Waals surface area (Å²) in [7, 11) is 0. The molecule has 1 aliphatic heterocycles. The van der Waals surface area contributed by atoms with E-state index >= 15 is 0 Å². The Kier molecular flexibility index (Phi) is 3.77. The highest BCUT2D eigenvalue weighted by atomic mass is 16.7. The number of nitrogens with zero attached hydrogens (tertiary/aromatic N) is 2. The van der Waals surface area contributed by atoms with Crippen LogP contribution in [0, 0.1) is 0 Å². The van der Waals surface area contributed by atoms with Gasteiger partial charge in [0.2, 0.25) is 0 Å². The molecule has 0 bridgehead atoms. The van der Waals surface area contributed by atoms with E-state index in [9.17, 15) is 4.79 Å². The monoisotopic (exact) mass is 284 g/mol. The van der Waals surface area contributed by atoms with Crippen LogP contribution in [0.3, 0.4) is 0 Å². The number of ether oxygens (including phenoxy) is 2. The highest BCUT2D eigenvalue weighted by Crippen LogP contribution is 2.30. The molecular formula is C15H12N2O4. The van der Waals surface area contributed by atoms with Gasteiger partial charge in [0, 0.05) is 6.20 Å². The fourth-order valence-corrected chi connectivity index (χ4v) is 1.80. The molecule has 106 valence electrons. The molecule has 0 radical (unpaired) electrons. The van der Waals surface area contributed by atoms with Gasteiger partial charge >= 0.3 is 5.97 Å². The summed E-state index contributed by atoms with van der Waals surface area (Å²) in [5, 5.41) is 3.62. The number of benzene rings is 1. The lowest BCUT2D eigenvalue weighted by Gasteiger charge is -2.18. The zero-order chi connectivity index (χ0) is 14.5. The molecule has 0 N–H and O–H groups in total. The second-order valence-corrected chi connectivity index (χ2v) is 4.23. The van der Waals surface area contributed by atoms with Crippen molar-refractivity contribution in [2.75, 3.05) is 13.2 Å². The number of carbonyl (C=O) groups is 1. The number of hydrogen-bond acceptors (Lipinski definition) is 6. The van der Waals surface area contributed by atoms with Crippen LogP contribution in [0.5, 0.6) is 11.5 Å². The Balaban J connectivity index is 1.67. The van der Waals surface area contributed by atoms with Gasteiger partial charge < -0.3 is 14.3 Å². The summed E-state index contributed by atoms with van der Waals surface area (Å²) < 4.78 is 10.8. The van der Waals surface area contributed by atoms with Crippen LogP contribution in [0.1, 0.15) is 16.1 Å². The Morgan fingerprint density at radius 1 is 1.19 bits per heavy atom. The molecule has 1 aromatic heterocycles. The molecule has 1 aromatic carbocycles. The summed E-state index contributed by atoms with van der Waals surface area (Å²) in [6, 6.07) is 10.2. The van der Waals surface area contributed by atoms with Crippen LogP contribution in [-0.2, 0) is 4.84 Å². The van der Waals surface area contributed by atoms with Crippen LogP contribution in [0.25, 0.3) is 0 Å². The maximum Gasteiger partial charge on any atom is 0.365 e. The summed E-state index contributed by atoms with van der Waals surface area (Å²) in [5.41, 5.74) is 0.949. The summed E-state index contributed by atoms with van der Waals surface area (Å²) >= 11 is 0. The zero-order valence-electron chi connectivity index (χ0n) is 11.1. The van der Waals surface area contributed by atoms with Crippen molar-refractivity contribution in [3.8, 4) is 11.5 Å². The molecule has 0 saturated heterocycles. The van der Waals surface area contributed by atoms with Crippen LogP contribution >= 0.6 is 0 Å². The lowest BCUT2D eigenvalue weighted by molar-refractivity contribution is 0.0518. The van der Waals surface area contributed by atoms with Crippen LogP contribution in [0.4, 0.5) is 0 Å². The Bertz CT molecular complexity index is 671. The van der Waals surface area contributed by atoms with Gasteiger partial charge in [0.25, 0.3) is 0 Å². The van der Waals surface area contributed by atoms with Crippen molar-refractivity contribution in [2.24, 2.45) is 5.16 Å². The smallest absolute Gasteiger partial charge is 0.365 e. The van der Waals surface area contributed by atoms with Crippen molar-refractivity contribution in [3.63, 3.8) is 0 Å². The minimum absolute atomic E-state index is 0.345. The second kappa shape index (κ2) is 6.04. The first-order valence-electron chi connectivity index (χ1n) is 6.38. The van der Waals surface area contributed by atoms with Crippen molar-refractivity contribution >= 4 is 12.2 Å². The first kappa shape index (κ1) is 13.1. The highest BCUT2D eigenvalue weighted by molar-refractivity contribution is 5.90. The lowest BCUT2D eigenvalue weighted by Crippen LogP contribution is -2.15.